The number of amidine groups is 1. The summed E-state index contributed by atoms with van der Waals surface area (Å²) >= 11 is 0. The van der Waals surface area contributed by atoms with E-state index in [1.807, 2.05) is 0 Å². The molecular weight excluding hydrogens is 575 g/mol. The van der Waals surface area contributed by atoms with Gasteiger partial charge in [-0.3, -0.25) is 14.7 Å². The van der Waals surface area contributed by atoms with Crippen LogP contribution in [0.15, 0.2) is 41.4 Å². The van der Waals surface area contributed by atoms with Gasteiger partial charge in [-0.2, -0.15) is 13.2 Å². The first-order valence-corrected chi connectivity index (χ1v) is 15.0. The van der Waals surface area contributed by atoms with Crippen molar-refractivity contribution in [2.45, 2.75) is 64.3 Å². The Morgan fingerprint density at radius 2 is 1.74 bits per heavy atom. The summed E-state index contributed by atoms with van der Waals surface area (Å²) in [5.74, 6) is -1.71. The molecule has 0 bridgehead atoms. The number of hydrogen-bond acceptors (Lipinski definition) is 7. The summed E-state index contributed by atoms with van der Waals surface area (Å²) in [4.78, 5) is 31.2. The predicted molar refractivity (Wildman–Crippen MR) is 150 cm³/mol. The molecule has 42 heavy (non-hydrogen) atoms. The van der Waals surface area contributed by atoms with Crippen molar-refractivity contribution in [1.29, 1.82) is 0 Å². The molecule has 1 amide bonds. The lowest BCUT2D eigenvalue weighted by Gasteiger charge is -2.35. The molecule has 1 N–H and O–H groups in total. The van der Waals surface area contributed by atoms with Gasteiger partial charge in [-0.15, -0.1) is 0 Å². The molecule has 2 aromatic rings. The number of phenolic OH excluding ortho intramolecular Hbond substituents is 1. The summed E-state index contributed by atoms with van der Waals surface area (Å²) in [6.07, 6.45) is -4.36. The molecule has 1 spiro atoms. The maximum atomic E-state index is 13.3. The molecule has 0 aliphatic carbocycles. The maximum Gasteiger partial charge on any atom is 0.416 e. The van der Waals surface area contributed by atoms with Crippen molar-refractivity contribution in [3.63, 3.8) is 0 Å². The Labute approximate surface area is 243 Å². The lowest BCUT2D eigenvalue weighted by atomic mass is 9.89. The van der Waals surface area contributed by atoms with Gasteiger partial charge in [0.05, 0.1) is 16.9 Å². The van der Waals surface area contributed by atoms with Gasteiger partial charge in [-0.1, -0.05) is 6.07 Å². The molecule has 0 aromatic heterocycles. The number of halogens is 3. The molecule has 0 atom stereocenters. The zero-order chi connectivity index (χ0) is 31.3. The number of sulfonamides is 1. The van der Waals surface area contributed by atoms with Gasteiger partial charge in [0.15, 0.2) is 0 Å². The Morgan fingerprint density at radius 3 is 2.31 bits per heavy atom. The highest BCUT2D eigenvalue weighted by Crippen LogP contribution is 2.38. The Kier molecular flexibility index (Phi) is 8.24. The molecule has 1 saturated heterocycles. The van der Waals surface area contributed by atoms with Gasteiger partial charge >= 0.3 is 12.1 Å². The number of hydrogen-bond donors (Lipinski definition) is 1. The summed E-state index contributed by atoms with van der Waals surface area (Å²) in [7, 11) is -2.31. The Balaban J connectivity index is 1.44. The minimum absolute atomic E-state index is 0.0111. The van der Waals surface area contributed by atoms with Crippen molar-refractivity contribution in [3.05, 3.63) is 64.2 Å². The van der Waals surface area contributed by atoms with E-state index in [1.54, 1.807) is 45.9 Å². The standard InChI is InChI=1S/C29H34F3N3O6S/c1-18-14-20(25(37)41-27(2,3)4)7-6-19(18)8-13-42(39,40)35-11-9-28(10-12-35)26(38)34(5)24(33-28)21-15-22(29(30,31)32)17-23(36)16-21/h6-7,14-17,36H,8-13H2,1-5H3. The average Bonchev–Trinajstić information content (AvgIpc) is 3.11. The Bertz CT molecular complexity index is 1540. The second kappa shape index (κ2) is 11.0. The first-order valence-electron chi connectivity index (χ1n) is 13.4. The Hall–Kier alpha value is -3.45. The highest BCUT2D eigenvalue weighted by Gasteiger charge is 2.50. The second-order valence-corrected chi connectivity index (χ2v) is 13.8. The molecule has 2 aromatic carbocycles. The number of piperidine rings is 1. The van der Waals surface area contributed by atoms with E-state index in [1.165, 1.54) is 11.4 Å². The van der Waals surface area contributed by atoms with Gasteiger partial charge in [0.2, 0.25) is 10.0 Å². The van der Waals surface area contributed by atoms with Crippen LogP contribution in [-0.4, -0.2) is 77.5 Å². The van der Waals surface area contributed by atoms with E-state index < -0.39 is 50.5 Å². The third-order valence-corrected chi connectivity index (χ3v) is 9.27. The topological polar surface area (TPSA) is 117 Å². The van der Waals surface area contributed by atoms with E-state index in [4.69, 9.17) is 4.74 Å². The van der Waals surface area contributed by atoms with Crippen molar-refractivity contribution < 1.29 is 41.0 Å². The number of esters is 1. The van der Waals surface area contributed by atoms with Crippen LogP contribution in [-0.2, 0) is 32.2 Å². The summed E-state index contributed by atoms with van der Waals surface area (Å²) in [5, 5.41) is 9.87. The quantitative estimate of drug-likeness (QED) is 0.489. The molecule has 1 fully saturated rings. The molecule has 2 aliphatic rings. The van der Waals surface area contributed by atoms with E-state index in [0.29, 0.717) is 11.6 Å². The van der Waals surface area contributed by atoms with Gasteiger partial charge in [-0.25, -0.2) is 17.5 Å². The molecule has 2 aliphatic heterocycles. The van der Waals surface area contributed by atoms with Crippen LogP contribution < -0.4 is 0 Å². The zero-order valence-corrected chi connectivity index (χ0v) is 24.9. The van der Waals surface area contributed by atoms with Crippen LogP contribution >= 0.6 is 0 Å². The molecule has 0 unspecified atom stereocenters. The monoisotopic (exact) mass is 609 g/mol. The first kappa shape index (κ1) is 31.5. The lowest BCUT2D eigenvalue weighted by molar-refractivity contribution is -0.137. The number of ether oxygens (including phenoxy) is 1. The van der Waals surface area contributed by atoms with Crippen molar-refractivity contribution in [1.82, 2.24) is 9.21 Å². The molecule has 9 nitrogen and oxygen atoms in total. The number of alkyl halides is 3. The summed E-state index contributed by atoms with van der Waals surface area (Å²) in [6.45, 7) is 7.14. The first-order chi connectivity index (χ1) is 19.3. The van der Waals surface area contributed by atoms with Gasteiger partial charge < -0.3 is 9.84 Å². The molecular formula is C29H34F3N3O6S. The smallest absolute Gasteiger partial charge is 0.416 e. The highest BCUT2D eigenvalue weighted by atomic mass is 32.2. The number of carbonyl (C=O) groups is 2. The van der Waals surface area contributed by atoms with E-state index >= 15 is 0 Å². The maximum absolute atomic E-state index is 13.3. The van der Waals surface area contributed by atoms with Crippen LogP contribution in [0.2, 0.25) is 0 Å². The number of nitrogens with zero attached hydrogens (tertiary/aromatic N) is 3. The summed E-state index contributed by atoms with van der Waals surface area (Å²) in [5.41, 5.74) is -1.16. The third-order valence-electron chi connectivity index (χ3n) is 7.39. The number of phenols is 1. The minimum Gasteiger partial charge on any atom is -0.508 e. The normalized spacial score (nSPS) is 18.0. The number of carbonyl (C=O) groups excluding carboxylic acids is 2. The predicted octanol–water partition coefficient (Wildman–Crippen LogP) is 4.30. The number of aromatic hydroxyl groups is 1. The minimum atomic E-state index is -4.70. The Morgan fingerprint density at radius 1 is 1.10 bits per heavy atom. The van der Waals surface area contributed by atoms with Crippen LogP contribution in [0.25, 0.3) is 0 Å². The third kappa shape index (κ3) is 6.62. The van der Waals surface area contributed by atoms with Crippen LogP contribution in [0.1, 0.15) is 66.2 Å². The molecule has 0 radical (unpaired) electrons. The number of rotatable bonds is 6. The lowest BCUT2D eigenvalue weighted by Crippen LogP contribution is -2.51. The fourth-order valence-electron chi connectivity index (χ4n) is 5.16. The largest absolute Gasteiger partial charge is 0.508 e. The van der Waals surface area contributed by atoms with E-state index in [9.17, 15) is 36.3 Å². The van der Waals surface area contributed by atoms with Crippen molar-refractivity contribution in [3.8, 4) is 5.75 Å². The average molecular weight is 610 g/mol. The van der Waals surface area contributed by atoms with Crippen molar-refractivity contribution >= 4 is 27.7 Å². The molecule has 4 rings (SSSR count). The zero-order valence-electron chi connectivity index (χ0n) is 24.1. The number of benzene rings is 2. The van der Waals surface area contributed by atoms with Gasteiger partial charge in [0, 0.05) is 25.7 Å². The summed E-state index contributed by atoms with van der Waals surface area (Å²) in [6, 6.07) is 7.51. The number of aryl methyl sites for hydroxylation is 2. The van der Waals surface area contributed by atoms with Gasteiger partial charge in [-0.05, 0) is 88.4 Å². The number of aliphatic imine (C=N–C) groups is 1. The number of amides is 1. The molecule has 2 heterocycles. The van der Waals surface area contributed by atoms with Crippen molar-refractivity contribution in [2.24, 2.45) is 4.99 Å². The molecule has 13 heteroatoms. The fraction of sp³-hybridized carbons (Fsp3) is 0.483. The second-order valence-electron chi connectivity index (χ2n) is 11.7. The molecule has 0 saturated carbocycles. The fourth-order valence-corrected chi connectivity index (χ4v) is 6.64. The van der Waals surface area contributed by atoms with Gasteiger partial charge in [0.25, 0.3) is 5.91 Å². The van der Waals surface area contributed by atoms with Crippen molar-refractivity contribution in [2.75, 3.05) is 25.9 Å². The number of likely N-dealkylation sites (N-methyl/N-ethyl adjacent to an activating group) is 1. The molecule has 228 valence electrons. The van der Waals surface area contributed by atoms with E-state index in [0.717, 1.165) is 28.2 Å². The SMILES string of the molecule is Cc1cc(C(=O)OC(C)(C)C)ccc1CCS(=O)(=O)N1CCC2(CC1)N=C(c1cc(O)cc(C(F)(F)F)c1)N(C)C2=O. The van der Waals surface area contributed by atoms with E-state index in [2.05, 4.69) is 4.99 Å². The van der Waals surface area contributed by atoms with Crippen LogP contribution in [0.4, 0.5) is 13.2 Å². The highest BCUT2D eigenvalue weighted by molar-refractivity contribution is 7.89. The summed E-state index contributed by atoms with van der Waals surface area (Å²) < 4.78 is 73.0. The van der Waals surface area contributed by atoms with Crippen LogP contribution in [0, 0.1) is 6.92 Å². The van der Waals surface area contributed by atoms with Crippen LogP contribution in [0.3, 0.4) is 0 Å². The van der Waals surface area contributed by atoms with Crippen LogP contribution in [0.5, 0.6) is 5.75 Å². The van der Waals surface area contributed by atoms with E-state index in [-0.39, 0.29) is 49.5 Å². The van der Waals surface area contributed by atoms with Gasteiger partial charge in [0.1, 0.15) is 22.7 Å².